The second kappa shape index (κ2) is 13.3. The fourth-order valence-corrected chi connectivity index (χ4v) is 4.68. The van der Waals surface area contributed by atoms with Crippen molar-refractivity contribution in [1.82, 2.24) is 0 Å². The van der Waals surface area contributed by atoms with Gasteiger partial charge in [-0.3, -0.25) is 4.79 Å². The SMILES string of the molecule is CCCCCCCC(O)(CC)[C@@H]1[C@@H](O)CC(O)[C@@H]1CC=CCCCCC(=O)O. The van der Waals surface area contributed by atoms with Crippen LogP contribution >= 0.6 is 0 Å². The summed E-state index contributed by atoms with van der Waals surface area (Å²) in [5.74, 6) is -1.19. The van der Waals surface area contributed by atoms with Gasteiger partial charge in [-0.05, 0) is 50.9 Å². The molecule has 5 nitrogen and oxygen atoms in total. The summed E-state index contributed by atoms with van der Waals surface area (Å²) in [6.45, 7) is 4.15. The highest BCUT2D eigenvalue weighted by Gasteiger charge is 2.50. The average Bonchev–Trinajstić information content (AvgIpc) is 2.94. The number of carboxylic acid groups (broad SMARTS) is 1. The van der Waals surface area contributed by atoms with Gasteiger partial charge in [-0.25, -0.2) is 0 Å². The van der Waals surface area contributed by atoms with Crippen molar-refractivity contribution in [3.63, 3.8) is 0 Å². The van der Waals surface area contributed by atoms with Crippen LogP contribution in [0, 0.1) is 11.8 Å². The van der Waals surface area contributed by atoms with Gasteiger partial charge in [-0.1, -0.05) is 58.1 Å². The van der Waals surface area contributed by atoms with E-state index in [9.17, 15) is 20.1 Å². The monoisotopic (exact) mass is 398 g/mol. The molecule has 5 atom stereocenters. The molecule has 0 aliphatic heterocycles. The van der Waals surface area contributed by atoms with Crippen molar-refractivity contribution in [3.05, 3.63) is 12.2 Å². The minimum atomic E-state index is -0.927. The number of hydrogen-bond acceptors (Lipinski definition) is 4. The molecule has 0 aromatic carbocycles. The van der Waals surface area contributed by atoms with E-state index >= 15 is 0 Å². The fraction of sp³-hybridized carbons (Fsp3) is 0.870. The Morgan fingerprint density at radius 2 is 1.71 bits per heavy atom. The Balaban J connectivity index is 2.58. The summed E-state index contributed by atoms with van der Waals surface area (Å²) in [6, 6.07) is 0. The third-order valence-corrected chi connectivity index (χ3v) is 6.39. The van der Waals surface area contributed by atoms with E-state index < -0.39 is 23.8 Å². The molecule has 0 aromatic heterocycles. The van der Waals surface area contributed by atoms with E-state index in [4.69, 9.17) is 5.11 Å². The van der Waals surface area contributed by atoms with Gasteiger partial charge in [0, 0.05) is 12.3 Å². The average molecular weight is 399 g/mol. The molecule has 1 rings (SSSR count). The molecule has 0 bridgehead atoms. The molecule has 4 N–H and O–H groups in total. The number of unbranched alkanes of at least 4 members (excludes halogenated alkanes) is 6. The maximum absolute atomic E-state index is 11.3. The summed E-state index contributed by atoms with van der Waals surface area (Å²) < 4.78 is 0. The van der Waals surface area contributed by atoms with E-state index in [-0.39, 0.29) is 18.3 Å². The molecule has 28 heavy (non-hydrogen) atoms. The molecule has 0 spiro atoms. The zero-order chi connectivity index (χ0) is 21.0. The van der Waals surface area contributed by atoms with Crippen LogP contribution in [0.3, 0.4) is 0 Å². The van der Waals surface area contributed by atoms with E-state index in [0.29, 0.717) is 32.1 Å². The molecule has 0 amide bonds. The predicted molar refractivity (Wildman–Crippen MR) is 112 cm³/mol. The standard InChI is InChI=1S/C23H42O5/c1-3-5-6-10-13-16-23(28,4-2)22-18(19(24)17-20(22)25)14-11-8-7-9-12-15-21(26)27/h8,11,18-20,22,24-25,28H,3-7,9-10,12-17H2,1-2H3,(H,26,27)/t18-,19?,20-,22-,23?/m0/s1. The van der Waals surface area contributed by atoms with Crippen molar-refractivity contribution < 1.29 is 25.2 Å². The minimum Gasteiger partial charge on any atom is -0.481 e. The molecule has 0 heterocycles. The van der Waals surface area contributed by atoms with Crippen LogP contribution in [0.4, 0.5) is 0 Å². The largest absolute Gasteiger partial charge is 0.481 e. The zero-order valence-electron chi connectivity index (χ0n) is 17.9. The van der Waals surface area contributed by atoms with Gasteiger partial charge in [0.1, 0.15) is 0 Å². The molecule has 2 unspecified atom stereocenters. The van der Waals surface area contributed by atoms with Gasteiger partial charge in [0.2, 0.25) is 0 Å². The van der Waals surface area contributed by atoms with Crippen LogP contribution in [0.2, 0.25) is 0 Å². The molecule has 1 saturated carbocycles. The fourth-order valence-electron chi connectivity index (χ4n) is 4.68. The first-order valence-corrected chi connectivity index (χ1v) is 11.3. The van der Waals surface area contributed by atoms with Crippen LogP contribution in [-0.4, -0.2) is 44.2 Å². The quantitative estimate of drug-likeness (QED) is 0.241. The first-order valence-electron chi connectivity index (χ1n) is 11.3. The van der Waals surface area contributed by atoms with Crippen molar-refractivity contribution in [2.75, 3.05) is 0 Å². The van der Waals surface area contributed by atoms with Crippen LogP contribution < -0.4 is 0 Å². The normalized spacial score (nSPS) is 27.3. The second-order valence-electron chi connectivity index (χ2n) is 8.53. The van der Waals surface area contributed by atoms with Gasteiger partial charge in [-0.15, -0.1) is 0 Å². The van der Waals surface area contributed by atoms with Gasteiger partial charge < -0.3 is 20.4 Å². The van der Waals surface area contributed by atoms with Gasteiger partial charge >= 0.3 is 5.97 Å². The number of allylic oxidation sites excluding steroid dienone is 2. The van der Waals surface area contributed by atoms with E-state index in [1.54, 1.807) is 0 Å². The lowest BCUT2D eigenvalue weighted by atomic mass is 9.73. The Labute approximate surface area is 170 Å². The zero-order valence-corrected chi connectivity index (χ0v) is 17.9. The molecule has 0 radical (unpaired) electrons. The Morgan fingerprint density at radius 3 is 2.36 bits per heavy atom. The van der Waals surface area contributed by atoms with E-state index in [2.05, 4.69) is 6.92 Å². The van der Waals surface area contributed by atoms with E-state index in [0.717, 1.165) is 25.7 Å². The molecule has 1 aliphatic rings. The third kappa shape index (κ3) is 8.22. The first-order chi connectivity index (χ1) is 13.4. The molecule has 1 aliphatic carbocycles. The molecule has 0 saturated heterocycles. The number of rotatable bonds is 15. The lowest BCUT2D eigenvalue weighted by Crippen LogP contribution is -2.45. The minimum absolute atomic E-state index is 0.133. The maximum atomic E-state index is 11.3. The second-order valence-corrected chi connectivity index (χ2v) is 8.53. The first kappa shape index (κ1) is 25.1. The summed E-state index contributed by atoms with van der Waals surface area (Å²) in [5.41, 5.74) is -0.927. The summed E-state index contributed by atoms with van der Waals surface area (Å²) in [7, 11) is 0. The highest BCUT2D eigenvalue weighted by molar-refractivity contribution is 5.66. The Hall–Kier alpha value is -0.910. The third-order valence-electron chi connectivity index (χ3n) is 6.39. The van der Waals surface area contributed by atoms with Gasteiger partial charge in [0.05, 0.1) is 17.8 Å². The number of aliphatic hydroxyl groups is 3. The van der Waals surface area contributed by atoms with Crippen LogP contribution in [0.25, 0.3) is 0 Å². The summed E-state index contributed by atoms with van der Waals surface area (Å²) in [6.07, 6.45) is 13.2. The van der Waals surface area contributed by atoms with E-state index in [1.165, 1.54) is 19.3 Å². The van der Waals surface area contributed by atoms with Crippen molar-refractivity contribution in [1.29, 1.82) is 0 Å². The number of hydrogen-bond donors (Lipinski definition) is 4. The lowest BCUT2D eigenvalue weighted by Gasteiger charge is -2.39. The van der Waals surface area contributed by atoms with Gasteiger partial charge in [-0.2, -0.15) is 0 Å². The molecule has 164 valence electrons. The van der Waals surface area contributed by atoms with Crippen LogP contribution in [0.1, 0.15) is 97.3 Å². The molecule has 5 heteroatoms. The van der Waals surface area contributed by atoms with Crippen molar-refractivity contribution in [3.8, 4) is 0 Å². The molecular weight excluding hydrogens is 356 g/mol. The van der Waals surface area contributed by atoms with Gasteiger partial charge in [0.25, 0.3) is 0 Å². The van der Waals surface area contributed by atoms with Crippen molar-refractivity contribution in [2.24, 2.45) is 11.8 Å². The topological polar surface area (TPSA) is 98.0 Å². The van der Waals surface area contributed by atoms with Crippen molar-refractivity contribution in [2.45, 2.75) is 115 Å². The highest BCUT2D eigenvalue weighted by atomic mass is 16.4. The molecular formula is C23H42O5. The maximum Gasteiger partial charge on any atom is 0.303 e. The molecule has 0 aromatic rings. The number of carboxylic acids is 1. The van der Waals surface area contributed by atoms with Crippen LogP contribution in [0.5, 0.6) is 0 Å². The lowest BCUT2D eigenvalue weighted by molar-refractivity contribution is -0.137. The Kier molecular flexibility index (Phi) is 12.0. The number of carbonyl (C=O) groups is 1. The van der Waals surface area contributed by atoms with Crippen LogP contribution in [-0.2, 0) is 4.79 Å². The number of aliphatic carboxylic acids is 1. The predicted octanol–water partition coefficient (Wildman–Crippen LogP) is 4.44. The number of aliphatic hydroxyl groups excluding tert-OH is 2. The van der Waals surface area contributed by atoms with E-state index in [1.807, 2.05) is 19.1 Å². The molecule has 1 fully saturated rings. The van der Waals surface area contributed by atoms with Gasteiger partial charge in [0.15, 0.2) is 0 Å². The summed E-state index contributed by atoms with van der Waals surface area (Å²) >= 11 is 0. The summed E-state index contributed by atoms with van der Waals surface area (Å²) in [4.78, 5) is 10.5. The van der Waals surface area contributed by atoms with Crippen LogP contribution in [0.15, 0.2) is 12.2 Å². The smallest absolute Gasteiger partial charge is 0.303 e. The van der Waals surface area contributed by atoms with Crippen molar-refractivity contribution >= 4 is 5.97 Å². The Morgan fingerprint density at radius 1 is 1.00 bits per heavy atom. The highest BCUT2D eigenvalue weighted by Crippen LogP contribution is 2.45. The summed E-state index contributed by atoms with van der Waals surface area (Å²) in [5, 5.41) is 41.0. The Bertz CT molecular complexity index is 464.